The number of Topliss-reactive ketones (excluding diaryl/α,β-unsaturated/α-hetero) is 1. The number of allylic oxidation sites excluding steroid dienone is 2. The van der Waals surface area contributed by atoms with Gasteiger partial charge < -0.3 is 0 Å². The Balaban J connectivity index is 1.38. The average molecular weight is 525 g/mol. The number of nitrogens with zero attached hydrogens (tertiary/aromatic N) is 1. The second-order valence-electron chi connectivity index (χ2n) is 9.68. The highest BCUT2D eigenvalue weighted by atomic mass is 32.2. The predicted molar refractivity (Wildman–Crippen MR) is 144 cm³/mol. The van der Waals surface area contributed by atoms with Gasteiger partial charge in [0.25, 0.3) is 10.0 Å². The number of rotatable bonds is 5. The molecule has 36 heavy (non-hydrogen) atoms. The Hall–Kier alpha value is -2.30. The summed E-state index contributed by atoms with van der Waals surface area (Å²) >= 11 is 1.36. The molecule has 0 amide bonds. The van der Waals surface area contributed by atoms with Gasteiger partial charge in [-0.05, 0) is 43.9 Å². The summed E-state index contributed by atoms with van der Waals surface area (Å²) in [6.07, 6.45) is 10.5. The number of sulfonamides is 1. The molecule has 1 saturated heterocycles. The van der Waals surface area contributed by atoms with Crippen molar-refractivity contribution in [3.05, 3.63) is 76.2 Å². The minimum atomic E-state index is -3.94. The van der Waals surface area contributed by atoms with Crippen molar-refractivity contribution in [2.75, 3.05) is 0 Å². The van der Waals surface area contributed by atoms with E-state index in [1.165, 1.54) is 56.7 Å². The van der Waals surface area contributed by atoms with E-state index in [4.69, 9.17) is 0 Å². The quantitative estimate of drug-likeness (QED) is 0.523. The van der Waals surface area contributed by atoms with Crippen LogP contribution in [0.4, 0.5) is 0 Å². The first-order chi connectivity index (χ1) is 17.4. The number of aryl methyl sites for hydroxylation is 1. The number of ketones is 1. The van der Waals surface area contributed by atoms with E-state index in [0.29, 0.717) is 21.9 Å². The molecular formula is C27H32N4O3S2. The van der Waals surface area contributed by atoms with Crippen molar-refractivity contribution >= 4 is 33.3 Å². The van der Waals surface area contributed by atoms with E-state index in [1.807, 2.05) is 6.92 Å². The monoisotopic (exact) mass is 524 g/mol. The van der Waals surface area contributed by atoms with Crippen molar-refractivity contribution in [2.45, 2.75) is 68.4 Å². The molecule has 2 fully saturated rings. The fourth-order valence-electron chi connectivity index (χ4n) is 5.04. The van der Waals surface area contributed by atoms with Crippen LogP contribution in [0.5, 0.6) is 0 Å². The lowest BCUT2D eigenvalue weighted by molar-refractivity contribution is 0.104. The molecule has 9 heteroatoms. The summed E-state index contributed by atoms with van der Waals surface area (Å²) < 4.78 is 30.3. The largest absolute Gasteiger partial charge is 0.288 e. The van der Waals surface area contributed by atoms with Crippen LogP contribution in [0.2, 0.25) is 0 Å². The number of carbonyl (C=O) groups excluding carboxylic acids is 1. The lowest BCUT2D eigenvalue weighted by atomic mass is 9.89. The Kier molecular flexibility index (Phi) is 7.73. The van der Waals surface area contributed by atoms with Crippen LogP contribution in [0.25, 0.3) is 0 Å². The summed E-state index contributed by atoms with van der Waals surface area (Å²) in [5.41, 5.74) is 8.67. The molecule has 2 atom stereocenters. The number of hydrogen-bond donors (Lipinski definition) is 3. The number of carbonyl (C=O) groups is 1. The van der Waals surface area contributed by atoms with Crippen molar-refractivity contribution < 1.29 is 13.2 Å². The van der Waals surface area contributed by atoms with E-state index in [2.05, 4.69) is 20.6 Å². The second-order valence-corrected chi connectivity index (χ2v) is 12.4. The van der Waals surface area contributed by atoms with Crippen LogP contribution in [0.15, 0.2) is 68.8 Å². The third kappa shape index (κ3) is 5.65. The van der Waals surface area contributed by atoms with Gasteiger partial charge in [-0.3, -0.25) is 10.1 Å². The summed E-state index contributed by atoms with van der Waals surface area (Å²) in [5, 5.41) is 3.58. The van der Waals surface area contributed by atoms with Gasteiger partial charge in [-0.25, -0.2) is 10.9 Å². The van der Waals surface area contributed by atoms with Crippen molar-refractivity contribution in [1.82, 2.24) is 16.2 Å². The molecular weight excluding hydrogens is 492 g/mol. The Morgan fingerprint density at radius 1 is 0.889 bits per heavy atom. The fraction of sp³-hybridized carbons (Fsp3) is 0.407. The number of hydrogen-bond acceptors (Lipinski definition) is 7. The second kappa shape index (κ2) is 11.0. The number of fused-ring (bicyclic) bond motifs is 1. The Bertz CT molecular complexity index is 1280. The highest BCUT2D eigenvalue weighted by molar-refractivity contribution is 8.04. The number of thioether (sulfide) groups is 1. The fourth-order valence-corrected chi connectivity index (χ4v) is 7.03. The van der Waals surface area contributed by atoms with E-state index in [0.717, 1.165) is 5.56 Å². The topological polar surface area (TPSA) is 99.7 Å². The van der Waals surface area contributed by atoms with Crippen molar-refractivity contribution in [1.29, 1.82) is 0 Å². The molecule has 5 rings (SSSR count). The normalized spacial score (nSPS) is 24.8. The Morgan fingerprint density at radius 3 is 2.28 bits per heavy atom. The maximum Gasteiger partial charge on any atom is 0.282 e. The van der Waals surface area contributed by atoms with E-state index in [1.54, 1.807) is 54.6 Å². The standard InChI is InChI=1S/C27H32N4O3S2/c1-18-13-15-20(16-14-18)36(33,34)31-23-17-24(25(32)22-12-8-7-11-21(22)23)35-27-28-26(29-30-27)19-9-5-3-2-4-6-10-19/h7-8,11-17,19,26-30H,2-6,9-10H2,1H3/b31-23+. The van der Waals surface area contributed by atoms with E-state index < -0.39 is 10.0 Å². The molecule has 0 spiro atoms. The third-order valence-corrected chi connectivity index (χ3v) is 9.40. The summed E-state index contributed by atoms with van der Waals surface area (Å²) in [7, 11) is -3.94. The molecule has 0 bridgehead atoms. The molecule has 0 radical (unpaired) electrons. The first-order valence-electron chi connectivity index (χ1n) is 12.6. The van der Waals surface area contributed by atoms with Gasteiger partial charge >= 0.3 is 0 Å². The van der Waals surface area contributed by atoms with Crippen LogP contribution in [0.3, 0.4) is 0 Å². The van der Waals surface area contributed by atoms with Gasteiger partial charge in [0, 0.05) is 11.1 Å². The molecule has 190 valence electrons. The molecule has 2 unspecified atom stereocenters. The van der Waals surface area contributed by atoms with E-state index in [-0.39, 0.29) is 28.1 Å². The first kappa shape index (κ1) is 25.4. The molecule has 1 heterocycles. The molecule has 2 aliphatic carbocycles. The molecule has 7 nitrogen and oxygen atoms in total. The van der Waals surface area contributed by atoms with Gasteiger partial charge in [0.15, 0.2) is 5.78 Å². The summed E-state index contributed by atoms with van der Waals surface area (Å²) in [6.45, 7) is 1.90. The molecule has 1 saturated carbocycles. The summed E-state index contributed by atoms with van der Waals surface area (Å²) in [4.78, 5) is 13.9. The van der Waals surface area contributed by atoms with Crippen LogP contribution < -0.4 is 16.2 Å². The highest BCUT2D eigenvalue weighted by Gasteiger charge is 2.33. The molecule has 0 aromatic heterocycles. The van der Waals surface area contributed by atoms with Gasteiger partial charge in [0.2, 0.25) is 0 Å². The summed E-state index contributed by atoms with van der Waals surface area (Å²) in [6, 6.07) is 13.7. The number of nitrogens with one attached hydrogen (secondary N) is 3. The van der Waals surface area contributed by atoms with Gasteiger partial charge in [0.1, 0.15) is 5.50 Å². The predicted octanol–water partition coefficient (Wildman–Crippen LogP) is 4.65. The Labute approximate surface area is 217 Å². The van der Waals surface area contributed by atoms with Crippen LogP contribution >= 0.6 is 11.8 Å². The first-order valence-corrected chi connectivity index (χ1v) is 14.9. The van der Waals surface area contributed by atoms with E-state index >= 15 is 0 Å². The van der Waals surface area contributed by atoms with Crippen LogP contribution in [-0.4, -0.2) is 31.6 Å². The average Bonchev–Trinajstić information content (AvgIpc) is 3.30. The molecule has 3 aliphatic rings. The molecule has 1 aliphatic heterocycles. The third-order valence-electron chi connectivity index (χ3n) is 7.04. The summed E-state index contributed by atoms with van der Waals surface area (Å²) in [5.74, 6) is 0.414. The minimum absolute atomic E-state index is 0.125. The zero-order valence-corrected chi connectivity index (χ0v) is 22.0. The van der Waals surface area contributed by atoms with E-state index in [9.17, 15) is 13.2 Å². The van der Waals surface area contributed by atoms with Crippen LogP contribution in [0.1, 0.15) is 66.4 Å². The molecule has 3 N–H and O–H groups in total. The van der Waals surface area contributed by atoms with Crippen molar-refractivity contribution in [3.63, 3.8) is 0 Å². The Morgan fingerprint density at radius 2 is 1.56 bits per heavy atom. The lowest BCUT2D eigenvalue weighted by Crippen LogP contribution is -2.41. The van der Waals surface area contributed by atoms with Gasteiger partial charge in [-0.2, -0.15) is 12.8 Å². The number of hydrazine groups is 1. The smallest absolute Gasteiger partial charge is 0.282 e. The number of benzene rings is 2. The van der Waals surface area contributed by atoms with Crippen LogP contribution in [-0.2, 0) is 10.0 Å². The van der Waals surface area contributed by atoms with Gasteiger partial charge in [-0.15, -0.1) is 0 Å². The SMILES string of the molecule is Cc1ccc(S(=O)(=O)/N=C2\C=C(SC3NNC(C4CCCCCCC4)N3)C(=O)c3ccccc32)cc1. The molecule has 2 aromatic carbocycles. The maximum absolute atomic E-state index is 13.3. The minimum Gasteiger partial charge on any atom is -0.288 e. The lowest BCUT2D eigenvalue weighted by Gasteiger charge is -2.25. The zero-order chi connectivity index (χ0) is 25.1. The highest BCUT2D eigenvalue weighted by Crippen LogP contribution is 2.33. The van der Waals surface area contributed by atoms with Crippen molar-refractivity contribution in [2.24, 2.45) is 10.3 Å². The van der Waals surface area contributed by atoms with Crippen LogP contribution in [0, 0.1) is 12.8 Å². The molecule has 2 aromatic rings. The van der Waals surface area contributed by atoms with Gasteiger partial charge in [0.05, 0.1) is 21.7 Å². The van der Waals surface area contributed by atoms with Crippen molar-refractivity contribution in [3.8, 4) is 0 Å². The van der Waals surface area contributed by atoms with Gasteiger partial charge in [-0.1, -0.05) is 85.8 Å². The maximum atomic E-state index is 13.3. The zero-order valence-electron chi connectivity index (χ0n) is 20.4.